The molecule has 2 N–H and O–H groups in total. The zero-order valence-corrected chi connectivity index (χ0v) is 13.0. The number of rotatable bonds is 13. The molecule has 114 valence electrons. The highest BCUT2D eigenvalue weighted by Crippen LogP contribution is 2.14. The molecule has 0 aromatic heterocycles. The first kappa shape index (κ1) is 18.3. The third-order valence-corrected chi connectivity index (χ3v) is 3.52. The van der Waals surface area contributed by atoms with Gasteiger partial charge in [0.25, 0.3) is 0 Å². The first-order valence-electron chi connectivity index (χ1n) is 8.16. The predicted molar refractivity (Wildman–Crippen MR) is 81.2 cm³/mol. The van der Waals surface area contributed by atoms with Crippen molar-refractivity contribution in [2.24, 2.45) is 5.73 Å². The van der Waals surface area contributed by atoms with Crippen LogP contribution in [0.5, 0.6) is 0 Å². The summed E-state index contributed by atoms with van der Waals surface area (Å²) in [6.45, 7) is 4.36. The van der Waals surface area contributed by atoms with Gasteiger partial charge in [0.15, 0.2) is 0 Å². The largest absolute Gasteiger partial charge is 0.446 e. The first-order chi connectivity index (χ1) is 9.20. The molecule has 0 fully saturated rings. The molecule has 0 spiro atoms. The highest BCUT2D eigenvalue weighted by Gasteiger charge is 2.10. The van der Waals surface area contributed by atoms with Gasteiger partial charge in [-0.05, 0) is 19.3 Å². The molecule has 3 nitrogen and oxygen atoms in total. The van der Waals surface area contributed by atoms with E-state index in [2.05, 4.69) is 13.8 Å². The topological polar surface area (TPSA) is 52.3 Å². The monoisotopic (exact) mass is 271 g/mol. The van der Waals surface area contributed by atoms with Crippen molar-refractivity contribution in [3.63, 3.8) is 0 Å². The number of carbonyl (C=O) groups excluding carboxylic acids is 1. The lowest BCUT2D eigenvalue weighted by molar-refractivity contribution is 0.0935. The van der Waals surface area contributed by atoms with Gasteiger partial charge in [-0.1, -0.05) is 71.6 Å². The molecule has 0 saturated heterocycles. The van der Waals surface area contributed by atoms with Crippen LogP contribution in [0.4, 0.5) is 4.79 Å². The molecule has 19 heavy (non-hydrogen) atoms. The number of unbranched alkanes of at least 4 members (excludes halogenated alkanes) is 8. The Hall–Kier alpha value is -0.730. The zero-order chi connectivity index (χ0) is 14.3. The SMILES string of the molecule is CCCCCCCCCCCC(CCC)OC(N)=O. The average molecular weight is 271 g/mol. The minimum Gasteiger partial charge on any atom is -0.446 e. The summed E-state index contributed by atoms with van der Waals surface area (Å²) >= 11 is 0. The maximum Gasteiger partial charge on any atom is 0.404 e. The van der Waals surface area contributed by atoms with Crippen molar-refractivity contribution in [3.05, 3.63) is 0 Å². The summed E-state index contributed by atoms with van der Waals surface area (Å²) in [5.41, 5.74) is 5.07. The smallest absolute Gasteiger partial charge is 0.404 e. The Morgan fingerprint density at radius 2 is 1.37 bits per heavy atom. The van der Waals surface area contributed by atoms with Gasteiger partial charge in [-0.15, -0.1) is 0 Å². The molecule has 0 radical (unpaired) electrons. The van der Waals surface area contributed by atoms with Gasteiger partial charge in [0.2, 0.25) is 0 Å². The second kappa shape index (κ2) is 13.7. The summed E-state index contributed by atoms with van der Waals surface area (Å²) in [5.74, 6) is 0. The normalized spacial score (nSPS) is 12.3. The highest BCUT2D eigenvalue weighted by molar-refractivity contribution is 5.64. The van der Waals surface area contributed by atoms with E-state index in [1.165, 1.54) is 51.4 Å². The molecule has 0 bridgehead atoms. The minimum absolute atomic E-state index is 0.0343. The fraction of sp³-hybridized carbons (Fsp3) is 0.938. The van der Waals surface area contributed by atoms with E-state index in [1.807, 2.05) is 0 Å². The number of hydrogen-bond donors (Lipinski definition) is 1. The van der Waals surface area contributed by atoms with Crippen LogP contribution in [0, 0.1) is 0 Å². The van der Waals surface area contributed by atoms with E-state index < -0.39 is 6.09 Å². The van der Waals surface area contributed by atoms with E-state index in [0.717, 1.165) is 25.7 Å². The van der Waals surface area contributed by atoms with E-state index in [9.17, 15) is 4.79 Å². The lowest BCUT2D eigenvalue weighted by Gasteiger charge is -2.15. The highest BCUT2D eigenvalue weighted by atomic mass is 16.6. The molecule has 0 aliphatic carbocycles. The molecule has 0 aromatic rings. The van der Waals surface area contributed by atoms with Crippen molar-refractivity contribution >= 4 is 6.09 Å². The first-order valence-corrected chi connectivity index (χ1v) is 8.16. The Bertz CT molecular complexity index is 207. The molecule has 1 unspecified atom stereocenters. The Morgan fingerprint density at radius 3 is 1.84 bits per heavy atom. The van der Waals surface area contributed by atoms with Crippen LogP contribution in [0.3, 0.4) is 0 Å². The third kappa shape index (κ3) is 13.5. The second-order valence-electron chi connectivity index (χ2n) is 5.46. The van der Waals surface area contributed by atoms with E-state index >= 15 is 0 Å². The van der Waals surface area contributed by atoms with Gasteiger partial charge < -0.3 is 10.5 Å². The van der Waals surface area contributed by atoms with Crippen molar-refractivity contribution in [3.8, 4) is 0 Å². The molecular formula is C16H33NO2. The standard InChI is InChI=1S/C16H33NO2/c1-3-5-6-7-8-9-10-11-12-14-15(13-4-2)19-16(17)18/h15H,3-14H2,1-2H3,(H2,17,18). The van der Waals surface area contributed by atoms with E-state index in [1.54, 1.807) is 0 Å². The molecule has 0 rings (SSSR count). The molecule has 3 heteroatoms. The molecule has 0 aromatic carbocycles. The Kier molecular flexibility index (Phi) is 13.2. The molecule has 1 amide bonds. The molecule has 0 aliphatic rings. The van der Waals surface area contributed by atoms with Crippen molar-refractivity contribution in [1.29, 1.82) is 0 Å². The van der Waals surface area contributed by atoms with Crippen molar-refractivity contribution in [1.82, 2.24) is 0 Å². The van der Waals surface area contributed by atoms with Gasteiger partial charge in [0.1, 0.15) is 6.10 Å². The van der Waals surface area contributed by atoms with Crippen LogP contribution < -0.4 is 5.73 Å². The zero-order valence-electron chi connectivity index (χ0n) is 13.0. The van der Waals surface area contributed by atoms with Crippen molar-refractivity contribution < 1.29 is 9.53 Å². The summed E-state index contributed by atoms with van der Waals surface area (Å²) in [6, 6.07) is 0. The van der Waals surface area contributed by atoms with Gasteiger partial charge in [0.05, 0.1) is 0 Å². The summed E-state index contributed by atoms with van der Waals surface area (Å²) in [7, 11) is 0. The quantitative estimate of drug-likeness (QED) is 0.470. The lowest BCUT2D eigenvalue weighted by Crippen LogP contribution is -2.22. The van der Waals surface area contributed by atoms with E-state index in [-0.39, 0.29) is 6.10 Å². The molecule has 0 heterocycles. The Morgan fingerprint density at radius 1 is 0.842 bits per heavy atom. The molecule has 0 aliphatic heterocycles. The molecule has 1 atom stereocenters. The molecule has 0 saturated carbocycles. The van der Waals surface area contributed by atoms with Crippen molar-refractivity contribution in [2.45, 2.75) is 97.0 Å². The number of primary amides is 1. The maximum absolute atomic E-state index is 10.7. The van der Waals surface area contributed by atoms with Crippen molar-refractivity contribution in [2.75, 3.05) is 0 Å². The van der Waals surface area contributed by atoms with Crippen LogP contribution in [0.2, 0.25) is 0 Å². The van der Waals surface area contributed by atoms with Gasteiger partial charge in [-0.2, -0.15) is 0 Å². The number of carbonyl (C=O) groups is 1. The fourth-order valence-corrected chi connectivity index (χ4v) is 2.43. The summed E-state index contributed by atoms with van der Waals surface area (Å²) < 4.78 is 5.10. The van der Waals surface area contributed by atoms with Gasteiger partial charge in [-0.25, -0.2) is 4.79 Å². The van der Waals surface area contributed by atoms with Gasteiger partial charge in [0, 0.05) is 0 Å². The third-order valence-electron chi connectivity index (χ3n) is 3.52. The second-order valence-corrected chi connectivity index (χ2v) is 5.46. The van der Waals surface area contributed by atoms with Crippen LogP contribution >= 0.6 is 0 Å². The van der Waals surface area contributed by atoms with Gasteiger partial charge in [-0.3, -0.25) is 0 Å². The van der Waals surface area contributed by atoms with Gasteiger partial charge >= 0.3 is 6.09 Å². The number of amides is 1. The Labute approximate surface area is 119 Å². The molecular weight excluding hydrogens is 238 g/mol. The van der Waals surface area contributed by atoms with Crippen LogP contribution in [0.25, 0.3) is 0 Å². The maximum atomic E-state index is 10.7. The number of nitrogens with two attached hydrogens (primary N) is 1. The van der Waals surface area contributed by atoms with Crippen LogP contribution in [-0.2, 0) is 4.74 Å². The predicted octanol–water partition coefficient (Wildman–Crippen LogP) is 5.17. The minimum atomic E-state index is -0.630. The number of hydrogen-bond acceptors (Lipinski definition) is 2. The summed E-state index contributed by atoms with van der Waals surface area (Å²) in [5, 5.41) is 0. The lowest BCUT2D eigenvalue weighted by atomic mass is 10.0. The fourth-order valence-electron chi connectivity index (χ4n) is 2.43. The summed E-state index contributed by atoms with van der Waals surface area (Å²) in [4.78, 5) is 10.7. The van der Waals surface area contributed by atoms with E-state index in [4.69, 9.17) is 10.5 Å². The van der Waals surface area contributed by atoms with E-state index in [0.29, 0.717) is 0 Å². The summed E-state index contributed by atoms with van der Waals surface area (Å²) in [6.07, 6.45) is 14.2. The number of ether oxygens (including phenoxy) is 1. The van der Waals surface area contributed by atoms with Crippen LogP contribution in [-0.4, -0.2) is 12.2 Å². The van der Waals surface area contributed by atoms with Crippen LogP contribution in [0.1, 0.15) is 90.9 Å². The average Bonchev–Trinajstić information content (AvgIpc) is 2.36. The Balaban J connectivity index is 3.36. The van der Waals surface area contributed by atoms with Crippen LogP contribution in [0.15, 0.2) is 0 Å².